The zero-order chi connectivity index (χ0) is 20.3. The van der Waals surface area contributed by atoms with Gasteiger partial charge in [-0.15, -0.1) is 0 Å². The quantitative estimate of drug-likeness (QED) is 0.485. The van der Waals surface area contributed by atoms with Crippen LogP contribution in [0.4, 0.5) is 0 Å². The number of aromatic carboxylic acids is 1. The highest BCUT2D eigenvalue weighted by Gasteiger charge is 2.33. The van der Waals surface area contributed by atoms with Gasteiger partial charge in [0.1, 0.15) is 11.3 Å². The predicted molar refractivity (Wildman–Crippen MR) is 107 cm³/mol. The monoisotopic (exact) mass is 383 g/mol. The molecule has 0 atom stereocenters. The van der Waals surface area contributed by atoms with E-state index in [1.54, 1.807) is 48.5 Å². The third kappa shape index (κ3) is 2.26. The number of fused-ring (bicyclic) bond motifs is 5. The van der Waals surface area contributed by atoms with E-state index in [2.05, 4.69) is 0 Å². The van der Waals surface area contributed by atoms with E-state index in [1.165, 1.54) is 22.8 Å². The minimum absolute atomic E-state index is 0.183. The summed E-state index contributed by atoms with van der Waals surface area (Å²) in [4.78, 5) is 38.1. The number of hydrogen-bond donors (Lipinski definition) is 2. The fourth-order valence-corrected chi connectivity index (χ4v) is 3.94. The number of ketones is 1. The normalized spacial score (nSPS) is 12.1. The van der Waals surface area contributed by atoms with E-state index >= 15 is 0 Å². The summed E-state index contributed by atoms with van der Waals surface area (Å²) in [6, 6.07) is 17.8. The SMILES string of the molecule is O=C(O)c1cc(-n2c3c(c4ccccc4c2=O)C(=O)c2ccccc2-3)ccc1O. The second kappa shape index (κ2) is 5.90. The number of aromatic nitrogens is 1. The molecular formula is C23H13NO5. The average molecular weight is 383 g/mol. The molecule has 1 aliphatic rings. The molecule has 29 heavy (non-hydrogen) atoms. The lowest BCUT2D eigenvalue weighted by Gasteiger charge is -2.16. The van der Waals surface area contributed by atoms with E-state index < -0.39 is 11.7 Å². The Bertz CT molecular complexity index is 1430. The van der Waals surface area contributed by atoms with Crippen LogP contribution in [0.25, 0.3) is 27.7 Å². The summed E-state index contributed by atoms with van der Waals surface area (Å²) >= 11 is 0. The third-order valence-electron chi connectivity index (χ3n) is 5.21. The zero-order valence-corrected chi connectivity index (χ0v) is 14.9. The van der Waals surface area contributed by atoms with E-state index in [0.717, 1.165) is 0 Å². The molecule has 140 valence electrons. The summed E-state index contributed by atoms with van der Waals surface area (Å²) in [5.41, 5.74) is 1.50. The Hall–Kier alpha value is -4.19. The Labute approximate surface area is 163 Å². The molecule has 6 heteroatoms. The molecule has 1 aliphatic carbocycles. The summed E-state index contributed by atoms with van der Waals surface area (Å²) in [5.74, 6) is -1.90. The highest BCUT2D eigenvalue weighted by Crippen LogP contribution is 2.40. The van der Waals surface area contributed by atoms with Crippen molar-refractivity contribution in [2.75, 3.05) is 0 Å². The van der Waals surface area contributed by atoms with Gasteiger partial charge in [-0.25, -0.2) is 4.79 Å². The molecule has 0 saturated heterocycles. The first-order valence-corrected chi connectivity index (χ1v) is 8.87. The van der Waals surface area contributed by atoms with E-state index in [1.807, 2.05) is 0 Å². The molecule has 0 aliphatic heterocycles. The molecule has 0 unspecified atom stereocenters. The number of phenols is 1. The summed E-state index contributed by atoms with van der Waals surface area (Å²) in [6.45, 7) is 0. The molecule has 1 heterocycles. The number of pyridine rings is 1. The molecule has 0 fully saturated rings. The largest absolute Gasteiger partial charge is 0.507 e. The van der Waals surface area contributed by atoms with E-state index in [9.17, 15) is 24.6 Å². The molecule has 6 nitrogen and oxygen atoms in total. The fraction of sp³-hybridized carbons (Fsp3) is 0. The van der Waals surface area contributed by atoms with Crippen LogP contribution in [-0.2, 0) is 0 Å². The zero-order valence-electron chi connectivity index (χ0n) is 14.9. The van der Waals surface area contributed by atoms with E-state index in [-0.39, 0.29) is 22.6 Å². The maximum absolute atomic E-state index is 13.4. The van der Waals surface area contributed by atoms with Crippen LogP contribution in [-0.4, -0.2) is 26.5 Å². The predicted octanol–water partition coefficient (Wildman–Crippen LogP) is 3.61. The highest BCUT2D eigenvalue weighted by atomic mass is 16.4. The Morgan fingerprint density at radius 2 is 1.48 bits per heavy atom. The van der Waals surface area contributed by atoms with Gasteiger partial charge in [-0.2, -0.15) is 0 Å². The van der Waals surface area contributed by atoms with Gasteiger partial charge in [0.25, 0.3) is 5.56 Å². The van der Waals surface area contributed by atoms with E-state index in [4.69, 9.17) is 0 Å². The molecule has 4 aromatic rings. The van der Waals surface area contributed by atoms with Crippen molar-refractivity contribution in [1.82, 2.24) is 4.57 Å². The van der Waals surface area contributed by atoms with Gasteiger partial charge in [-0.1, -0.05) is 42.5 Å². The summed E-state index contributed by atoms with van der Waals surface area (Å²) in [7, 11) is 0. The van der Waals surface area contributed by atoms with Gasteiger partial charge in [0.15, 0.2) is 5.78 Å². The van der Waals surface area contributed by atoms with Crippen molar-refractivity contribution < 1.29 is 19.8 Å². The van der Waals surface area contributed by atoms with Crippen LogP contribution >= 0.6 is 0 Å². The lowest BCUT2D eigenvalue weighted by Crippen LogP contribution is -2.22. The molecule has 1 aromatic heterocycles. The molecule has 2 N–H and O–H groups in total. The maximum Gasteiger partial charge on any atom is 0.339 e. The number of aromatic hydroxyl groups is 1. The lowest BCUT2D eigenvalue weighted by atomic mass is 10.0. The number of nitrogens with zero attached hydrogens (tertiary/aromatic N) is 1. The number of carbonyl (C=O) groups is 2. The van der Waals surface area contributed by atoms with Gasteiger partial charge in [-0.05, 0) is 24.3 Å². The first kappa shape index (κ1) is 16.9. The molecular weight excluding hydrogens is 370 g/mol. The Morgan fingerprint density at radius 3 is 2.21 bits per heavy atom. The van der Waals surface area contributed by atoms with Crippen molar-refractivity contribution in [2.24, 2.45) is 0 Å². The smallest absolute Gasteiger partial charge is 0.339 e. The van der Waals surface area contributed by atoms with Gasteiger partial charge in [0.05, 0.1) is 16.9 Å². The van der Waals surface area contributed by atoms with Crippen molar-refractivity contribution >= 4 is 22.5 Å². The van der Waals surface area contributed by atoms with Gasteiger partial charge < -0.3 is 10.2 Å². The minimum atomic E-state index is -1.31. The second-order valence-electron chi connectivity index (χ2n) is 6.79. The molecule has 3 aromatic carbocycles. The van der Waals surface area contributed by atoms with Crippen LogP contribution in [0, 0.1) is 0 Å². The van der Waals surface area contributed by atoms with Crippen LogP contribution < -0.4 is 5.56 Å². The van der Waals surface area contributed by atoms with Crippen LogP contribution in [0.5, 0.6) is 5.75 Å². The van der Waals surface area contributed by atoms with Crippen LogP contribution in [0.3, 0.4) is 0 Å². The highest BCUT2D eigenvalue weighted by molar-refractivity contribution is 6.26. The van der Waals surface area contributed by atoms with Crippen molar-refractivity contribution in [3.8, 4) is 22.7 Å². The summed E-state index contributed by atoms with van der Waals surface area (Å²) < 4.78 is 1.35. The molecule has 0 bridgehead atoms. The molecule has 5 rings (SSSR count). The van der Waals surface area contributed by atoms with Crippen LogP contribution in [0.15, 0.2) is 71.5 Å². The summed E-state index contributed by atoms with van der Waals surface area (Å²) in [5, 5.41) is 20.2. The number of rotatable bonds is 2. The number of carboxylic acid groups (broad SMARTS) is 1. The minimum Gasteiger partial charge on any atom is -0.507 e. The van der Waals surface area contributed by atoms with Crippen LogP contribution in [0.1, 0.15) is 26.3 Å². The number of benzene rings is 3. The average Bonchev–Trinajstić information content (AvgIpc) is 3.02. The van der Waals surface area contributed by atoms with Gasteiger partial charge in [-0.3, -0.25) is 14.2 Å². The van der Waals surface area contributed by atoms with Gasteiger partial charge >= 0.3 is 5.97 Å². The topological polar surface area (TPSA) is 96.6 Å². The fourth-order valence-electron chi connectivity index (χ4n) is 3.94. The molecule has 0 saturated carbocycles. The third-order valence-corrected chi connectivity index (χ3v) is 5.21. The number of carbonyl (C=O) groups excluding carboxylic acids is 1. The first-order chi connectivity index (χ1) is 14.0. The van der Waals surface area contributed by atoms with Crippen molar-refractivity contribution in [1.29, 1.82) is 0 Å². The second-order valence-corrected chi connectivity index (χ2v) is 6.79. The van der Waals surface area contributed by atoms with Crippen molar-refractivity contribution in [2.45, 2.75) is 0 Å². The molecule has 0 radical (unpaired) electrons. The number of hydrogen-bond acceptors (Lipinski definition) is 4. The Morgan fingerprint density at radius 1 is 0.828 bits per heavy atom. The van der Waals surface area contributed by atoms with E-state index in [0.29, 0.717) is 33.2 Å². The standard InChI is InChI=1S/C23H13NO5/c25-18-10-9-12(11-17(18)23(28)29)24-20-14-6-2-3-7-15(14)21(26)19(20)13-5-1-4-8-16(13)22(24)27/h1-11,25H,(H,28,29). The van der Waals surface area contributed by atoms with Gasteiger partial charge in [0, 0.05) is 21.9 Å². The molecule has 0 spiro atoms. The first-order valence-electron chi connectivity index (χ1n) is 8.87. The number of carboxylic acids is 1. The maximum atomic E-state index is 13.4. The Balaban J connectivity index is 1.98. The lowest BCUT2D eigenvalue weighted by molar-refractivity contribution is 0.0693. The van der Waals surface area contributed by atoms with Crippen molar-refractivity contribution in [3.05, 3.63) is 93.8 Å². The van der Waals surface area contributed by atoms with Crippen LogP contribution in [0.2, 0.25) is 0 Å². The van der Waals surface area contributed by atoms with Gasteiger partial charge in [0.2, 0.25) is 0 Å². The van der Waals surface area contributed by atoms with Crippen molar-refractivity contribution in [3.63, 3.8) is 0 Å². The Kier molecular flexibility index (Phi) is 3.45. The summed E-state index contributed by atoms with van der Waals surface area (Å²) in [6.07, 6.45) is 0. The molecule has 0 amide bonds.